The molecule has 0 radical (unpaired) electrons. The number of rotatable bonds is 3. The minimum atomic E-state index is -0.306. The van der Waals surface area contributed by atoms with Gasteiger partial charge in [0.05, 0.1) is 0 Å². The molecular weight excluding hydrogens is 289 g/mol. The van der Waals surface area contributed by atoms with E-state index in [1.54, 1.807) is 6.07 Å². The summed E-state index contributed by atoms with van der Waals surface area (Å²) in [6, 6.07) is 8.97. The fourth-order valence-corrected chi connectivity index (χ4v) is 2.93. The predicted octanol–water partition coefficient (Wildman–Crippen LogP) is 3.96. The molecule has 3 nitrogen and oxygen atoms in total. The maximum atomic E-state index is 13.3. The number of nitrogens with one attached hydrogen (secondary N) is 1. The van der Waals surface area contributed by atoms with Crippen LogP contribution in [0.25, 0.3) is 0 Å². The molecule has 2 heterocycles. The lowest BCUT2D eigenvalue weighted by Gasteiger charge is -2.34. The molecule has 1 saturated heterocycles. The highest BCUT2D eigenvalue weighted by molar-refractivity contribution is 6.30. The SMILES string of the molecule is Fc1cc(Cl)cc(NC2CCN(c3ccncc3)CC2)c1. The zero-order chi connectivity index (χ0) is 14.7. The Morgan fingerprint density at radius 1 is 1.14 bits per heavy atom. The molecule has 110 valence electrons. The number of nitrogens with zero attached hydrogens (tertiary/aromatic N) is 2. The van der Waals surface area contributed by atoms with Crippen molar-refractivity contribution in [3.05, 3.63) is 53.6 Å². The highest BCUT2D eigenvalue weighted by Crippen LogP contribution is 2.23. The molecule has 1 aliphatic rings. The van der Waals surface area contributed by atoms with Crippen LogP contribution in [0.2, 0.25) is 5.02 Å². The molecule has 0 saturated carbocycles. The van der Waals surface area contributed by atoms with Gasteiger partial charge >= 0.3 is 0 Å². The van der Waals surface area contributed by atoms with Crippen molar-refractivity contribution < 1.29 is 4.39 Å². The quantitative estimate of drug-likeness (QED) is 0.930. The van der Waals surface area contributed by atoms with Crippen molar-refractivity contribution in [2.45, 2.75) is 18.9 Å². The van der Waals surface area contributed by atoms with E-state index in [4.69, 9.17) is 11.6 Å². The molecule has 1 aliphatic heterocycles. The van der Waals surface area contributed by atoms with Gasteiger partial charge in [-0.05, 0) is 43.2 Å². The van der Waals surface area contributed by atoms with E-state index in [-0.39, 0.29) is 5.82 Å². The van der Waals surface area contributed by atoms with Crippen molar-refractivity contribution >= 4 is 23.0 Å². The van der Waals surface area contributed by atoms with Crippen molar-refractivity contribution in [3.63, 3.8) is 0 Å². The molecule has 1 aromatic carbocycles. The number of hydrogen-bond acceptors (Lipinski definition) is 3. The number of pyridine rings is 1. The van der Waals surface area contributed by atoms with Crippen molar-refractivity contribution in [1.29, 1.82) is 0 Å². The number of hydrogen-bond donors (Lipinski definition) is 1. The summed E-state index contributed by atoms with van der Waals surface area (Å²) in [5.41, 5.74) is 1.96. The average molecular weight is 306 g/mol. The molecule has 0 atom stereocenters. The molecule has 0 bridgehead atoms. The lowest BCUT2D eigenvalue weighted by atomic mass is 10.0. The fourth-order valence-electron chi connectivity index (χ4n) is 2.71. The number of benzene rings is 1. The van der Waals surface area contributed by atoms with Gasteiger partial charge in [0.1, 0.15) is 5.82 Å². The van der Waals surface area contributed by atoms with Crippen LogP contribution >= 0.6 is 11.6 Å². The van der Waals surface area contributed by atoms with Gasteiger partial charge in [0.15, 0.2) is 0 Å². The molecule has 1 aromatic heterocycles. The van der Waals surface area contributed by atoms with Gasteiger partial charge in [-0.1, -0.05) is 11.6 Å². The summed E-state index contributed by atoms with van der Waals surface area (Å²) in [6.45, 7) is 1.95. The number of halogens is 2. The van der Waals surface area contributed by atoms with Crippen molar-refractivity contribution in [1.82, 2.24) is 4.98 Å². The molecule has 1 fully saturated rings. The largest absolute Gasteiger partial charge is 0.382 e. The molecule has 1 N–H and O–H groups in total. The lowest BCUT2D eigenvalue weighted by molar-refractivity contribution is 0.526. The Bertz CT molecular complexity index is 577. The first-order chi connectivity index (χ1) is 10.2. The van der Waals surface area contributed by atoms with Gasteiger partial charge in [0, 0.05) is 47.9 Å². The van der Waals surface area contributed by atoms with Crippen LogP contribution in [-0.2, 0) is 0 Å². The van der Waals surface area contributed by atoms with E-state index in [2.05, 4.69) is 15.2 Å². The molecule has 0 unspecified atom stereocenters. The highest BCUT2D eigenvalue weighted by atomic mass is 35.5. The Morgan fingerprint density at radius 3 is 2.52 bits per heavy atom. The molecular formula is C16H17ClFN3. The maximum absolute atomic E-state index is 13.3. The normalized spacial score (nSPS) is 16.0. The molecule has 21 heavy (non-hydrogen) atoms. The minimum absolute atomic E-state index is 0.306. The van der Waals surface area contributed by atoms with E-state index >= 15 is 0 Å². The average Bonchev–Trinajstić information content (AvgIpc) is 2.48. The predicted molar refractivity (Wildman–Crippen MR) is 84.5 cm³/mol. The van der Waals surface area contributed by atoms with Crippen LogP contribution in [0.1, 0.15) is 12.8 Å². The van der Waals surface area contributed by atoms with Crippen LogP contribution in [0.4, 0.5) is 15.8 Å². The zero-order valence-electron chi connectivity index (χ0n) is 11.6. The Labute approximate surface area is 128 Å². The second-order valence-corrected chi connectivity index (χ2v) is 5.71. The second-order valence-electron chi connectivity index (χ2n) is 5.27. The highest BCUT2D eigenvalue weighted by Gasteiger charge is 2.19. The summed E-state index contributed by atoms with van der Waals surface area (Å²) in [6.07, 6.45) is 5.65. The summed E-state index contributed by atoms with van der Waals surface area (Å²) < 4.78 is 13.3. The van der Waals surface area contributed by atoms with E-state index in [0.29, 0.717) is 11.1 Å². The van der Waals surface area contributed by atoms with Crippen molar-refractivity contribution in [2.75, 3.05) is 23.3 Å². The summed E-state index contributed by atoms with van der Waals surface area (Å²) >= 11 is 5.88. The topological polar surface area (TPSA) is 28.2 Å². The van der Waals surface area contributed by atoms with Gasteiger partial charge < -0.3 is 10.2 Å². The van der Waals surface area contributed by atoms with E-state index in [9.17, 15) is 4.39 Å². The minimum Gasteiger partial charge on any atom is -0.382 e. The Hall–Kier alpha value is -1.81. The molecule has 0 spiro atoms. The first kappa shape index (κ1) is 14.1. The number of anilines is 2. The van der Waals surface area contributed by atoms with Crippen LogP contribution < -0.4 is 10.2 Å². The number of aromatic nitrogens is 1. The van der Waals surface area contributed by atoms with Crippen LogP contribution in [0.3, 0.4) is 0 Å². The van der Waals surface area contributed by atoms with Crippen LogP contribution in [0, 0.1) is 5.82 Å². The molecule has 3 rings (SSSR count). The smallest absolute Gasteiger partial charge is 0.126 e. The summed E-state index contributed by atoms with van der Waals surface area (Å²) in [5, 5.41) is 3.79. The molecule has 0 amide bonds. The number of piperidine rings is 1. The van der Waals surface area contributed by atoms with E-state index < -0.39 is 0 Å². The van der Waals surface area contributed by atoms with Gasteiger partial charge in [0.2, 0.25) is 0 Å². The molecule has 2 aromatic rings. The Morgan fingerprint density at radius 2 is 1.86 bits per heavy atom. The van der Waals surface area contributed by atoms with Crippen molar-refractivity contribution in [2.24, 2.45) is 0 Å². The molecule has 5 heteroatoms. The Balaban J connectivity index is 1.58. The summed E-state index contributed by atoms with van der Waals surface area (Å²) in [5.74, 6) is -0.306. The first-order valence-electron chi connectivity index (χ1n) is 7.08. The second kappa shape index (κ2) is 6.31. The zero-order valence-corrected chi connectivity index (χ0v) is 12.4. The maximum Gasteiger partial charge on any atom is 0.126 e. The van der Waals surface area contributed by atoms with Gasteiger partial charge in [-0.15, -0.1) is 0 Å². The summed E-state index contributed by atoms with van der Waals surface area (Å²) in [4.78, 5) is 6.39. The third kappa shape index (κ3) is 3.64. The Kier molecular flexibility index (Phi) is 4.25. The standard InChI is InChI=1S/C16H17ClFN3/c17-12-9-13(18)11-15(10-12)20-14-3-7-21(8-4-14)16-1-5-19-6-2-16/h1-2,5-6,9-11,14,20H,3-4,7-8H2. The van der Waals surface area contributed by atoms with E-state index in [0.717, 1.165) is 31.6 Å². The third-order valence-corrected chi connectivity index (χ3v) is 3.97. The van der Waals surface area contributed by atoms with Crippen LogP contribution in [-0.4, -0.2) is 24.1 Å². The van der Waals surface area contributed by atoms with Gasteiger partial charge in [0.25, 0.3) is 0 Å². The van der Waals surface area contributed by atoms with Crippen LogP contribution in [0.15, 0.2) is 42.7 Å². The molecule has 0 aliphatic carbocycles. The fraction of sp³-hybridized carbons (Fsp3) is 0.312. The lowest BCUT2D eigenvalue weighted by Crippen LogP contribution is -2.39. The van der Waals surface area contributed by atoms with E-state index in [1.165, 1.54) is 17.8 Å². The van der Waals surface area contributed by atoms with Gasteiger partial charge in [-0.3, -0.25) is 4.98 Å². The first-order valence-corrected chi connectivity index (χ1v) is 7.46. The van der Waals surface area contributed by atoms with E-state index in [1.807, 2.05) is 24.5 Å². The van der Waals surface area contributed by atoms with Crippen molar-refractivity contribution in [3.8, 4) is 0 Å². The monoisotopic (exact) mass is 305 g/mol. The van der Waals surface area contributed by atoms with Crippen LogP contribution in [0.5, 0.6) is 0 Å². The van der Waals surface area contributed by atoms with Gasteiger partial charge in [-0.2, -0.15) is 0 Å². The summed E-state index contributed by atoms with van der Waals surface area (Å²) in [7, 11) is 0. The van der Waals surface area contributed by atoms with Gasteiger partial charge in [-0.25, -0.2) is 4.39 Å². The third-order valence-electron chi connectivity index (χ3n) is 3.76.